The minimum Gasteiger partial charge on any atom is -0.545 e. The minimum absolute atomic E-state index is 0.0954. The van der Waals surface area contributed by atoms with E-state index in [0.717, 1.165) is 10.2 Å². The first-order chi connectivity index (χ1) is 13.5. The van der Waals surface area contributed by atoms with Gasteiger partial charge < -0.3 is 14.3 Å². The summed E-state index contributed by atoms with van der Waals surface area (Å²) < 4.78 is 6.76. The molecular formula is C21H10ClN2O3S-. The highest BCUT2D eigenvalue weighted by Gasteiger charge is 2.11. The van der Waals surface area contributed by atoms with Crippen molar-refractivity contribution in [1.29, 1.82) is 5.26 Å². The zero-order valence-corrected chi connectivity index (χ0v) is 15.8. The molecule has 2 aromatic heterocycles. The van der Waals surface area contributed by atoms with Gasteiger partial charge in [-0.2, -0.15) is 5.26 Å². The van der Waals surface area contributed by atoms with Crippen molar-refractivity contribution < 1.29 is 14.3 Å². The third kappa shape index (κ3) is 3.41. The van der Waals surface area contributed by atoms with Crippen molar-refractivity contribution in [3.63, 3.8) is 0 Å². The Kier molecular flexibility index (Phi) is 4.70. The molecule has 4 rings (SSSR count). The lowest BCUT2D eigenvalue weighted by Gasteiger charge is -2.06. The molecule has 2 heterocycles. The second-order valence-electron chi connectivity index (χ2n) is 5.84. The van der Waals surface area contributed by atoms with Crippen molar-refractivity contribution in [3.05, 3.63) is 76.0 Å². The molecule has 0 saturated carbocycles. The molecule has 136 valence electrons. The highest BCUT2D eigenvalue weighted by atomic mass is 35.5. The van der Waals surface area contributed by atoms with Crippen molar-refractivity contribution in [2.75, 3.05) is 0 Å². The maximum absolute atomic E-state index is 11.1. The summed E-state index contributed by atoms with van der Waals surface area (Å²) in [5, 5.41) is 21.4. The maximum Gasteiger partial charge on any atom is 0.135 e. The molecule has 0 atom stereocenters. The number of fused-ring (bicyclic) bond motifs is 1. The van der Waals surface area contributed by atoms with Gasteiger partial charge in [0, 0.05) is 22.2 Å². The lowest BCUT2D eigenvalue weighted by Crippen LogP contribution is -2.22. The summed E-state index contributed by atoms with van der Waals surface area (Å²) in [6.45, 7) is 0. The van der Waals surface area contributed by atoms with Gasteiger partial charge in [0.1, 0.15) is 22.6 Å². The SMILES string of the molecule is N#C/C(=C\c1ccc(-c2ccc(Cl)c(C(=O)[O-])c2)o1)c1nc2ccccc2s1. The van der Waals surface area contributed by atoms with E-state index < -0.39 is 5.97 Å². The molecule has 0 amide bonds. The highest BCUT2D eigenvalue weighted by Crippen LogP contribution is 2.30. The molecule has 4 aromatic rings. The number of carbonyl (C=O) groups is 1. The van der Waals surface area contributed by atoms with Crippen LogP contribution in [0.15, 0.2) is 59.0 Å². The maximum atomic E-state index is 11.1. The van der Waals surface area contributed by atoms with Gasteiger partial charge in [-0.05, 0) is 42.5 Å². The van der Waals surface area contributed by atoms with E-state index in [1.807, 2.05) is 24.3 Å². The van der Waals surface area contributed by atoms with Crippen molar-refractivity contribution in [2.45, 2.75) is 0 Å². The Balaban J connectivity index is 1.69. The van der Waals surface area contributed by atoms with Gasteiger partial charge in [0.25, 0.3) is 0 Å². The predicted octanol–water partition coefficient (Wildman–Crippen LogP) is 4.64. The number of carboxylic acids is 1. The molecular weight excluding hydrogens is 396 g/mol. The van der Waals surface area contributed by atoms with Gasteiger partial charge in [-0.1, -0.05) is 23.7 Å². The average Bonchev–Trinajstić information content (AvgIpc) is 3.33. The van der Waals surface area contributed by atoms with Gasteiger partial charge >= 0.3 is 0 Å². The van der Waals surface area contributed by atoms with Crippen LogP contribution in [0.5, 0.6) is 0 Å². The monoisotopic (exact) mass is 405 g/mol. The van der Waals surface area contributed by atoms with Crippen LogP contribution in [0.4, 0.5) is 0 Å². The van der Waals surface area contributed by atoms with Crippen LogP contribution in [0.3, 0.4) is 0 Å². The van der Waals surface area contributed by atoms with E-state index in [2.05, 4.69) is 11.1 Å². The molecule has 0 N–H and O–H groups in total. The number of allylic oxidation sites excluding steroid dienone is 1. The van der Waals surface area contributed by atoms with Gasteiger partial charge in [0.2, 0.25) is 0 Å². The largest absolute Gasteiger partial charge is 0.545 e. The summed E-state index contributed by atoms with van der Waals surface area (Å²) in [5.74, 6) is -0.455. The van der Waals surface area contributed by atoms with Crippen LogP contribution in [-0.4, -0.2) is 11.0 Å². The molecule has 28 heavy (non-hydrogen) atoms. The zero-order chi connectivity index (χ0) is 19.7. The molecule has 0 saturated heterocycles. The summed E-state index contributed by atoms with van der Waals surface area (Å²) in [4.78, 5) is 15.6. The fourth-order valence-electron chi connectivity index (χ4n) is 2.69. The number of hydrogen-bond donors (Lipinski definition) is 0. The molecule has 7 heteroatoms. The molecule has 0 spiro atoms. The number of para-hydroxylation sites is 1. The second kappa shape index (κ2) is 7.31. The van der Waals surface area contributed by atoms with E-state index in [4.69, 9.17) is 16.0 Å². The molecule has 0 radical (unpaired) electrons. The third-order valence-corrected chi connectivity index (χ3v) is 5.43. The summed E-state index contributed by atoms with van der Waals surface area (Å²) >= 11 is 7.30. The van der Waals surface area contributed by atoms with Gasteiger partial charge in [-0.3, -0.25) is 0 Å². The number of thiazole rings is 1. The zero-order valence-electron chi connectivity index (χ0n) is 14.2. The Bertz CT molecular complexity index is 1250. The number of rotatable bonds is 4. The minimum atomic E-state index is -1.36. The van der Waals surface area contributed by atoms with Crippen LogP contribution >= 0.6 is 22.9 Å². The number of halogens is 1. The first-order valence-electron chi connectivity index (χ1n) is 8.14. The van der Waals surface area contributed by atoms with Gasteiger partial charge in [0.05, 0.1) is 21.8 Å². The number of aromatic carboxylic acids is 1. The van der Waals surface area contributed by atoms with Gasteiger partial charge in [-0.15, -0.1) is 11.3 Å². The molecule has 0 aliphatic heterocycles. The van der Waals surface area contributed by atoms with E-state index in [-0.39, 0.29) is 10.6 Å². The molecule has 0 aliphatic carbocycles. The van der Waals surface area contributed by atoms with Crippen LogP contribution < -0.4 is 5.11 Å². The number of carboxylic acid groups (broad SMARTS) is 1. The number of hydrogen-bond acceptors (Lipinski definition) is 6. The van der Waals surface area contributed by atoms with Crippen LogP contribution in [0.2, 0.25) is 5.02 Å². The van der Waals surface area contributed by atoms with E-state index in [0.29, 0.717) is 27.7 Å². The van der Waals surface area contributed by atoms with Crippen molar-refractivity contribution in [2.24, 2.45) is 0 Å². The van der Waals surface area contributed by atoms with Gasteiger partial charge in [0.15, 0.2) is 0 Å². The first-order valence-corrected chi connectivity index (χ1v) is 9.33. The molecule has 0 aliphatic rings. The fraction of sp³-hybridized carbons (Fsp3) is 0. The summed E-state index contributed by atoms with van der Waals surface area (Å²) in [5.41, 5.74) is 1.65. The average molecular weight is 406 g/mol. The third-order valence-electron chi connectivity index (χ3n) is 4.03. The quantitative estimate of drug-likeness (QED) is 0.461. The van der Waals surface area contributed by atoms with E-state index in [1.54, 1.807) is 24.3 Å². The highest BCUT2D eigenvalue weighted by molar-refractivity contribution is 7.19. The Hall–Kier alpha value is -3.40. The van der Waals surface area contributed by atoms with Crippen LogP contribution in [0, 0.1) is 11.3 Å². The Morgan fingerprint density at radius 1 is 1.21 bits per heavy atom. The Labute approximate surface area is 168 Å². The lowest BCUT2D eigenvalue weighted by molar-refractivity contribution is -0.255. The number of furan rings is 1. The van der Waals surface area contributed by atoms with Crippen molar-refractivity contribution in [1.82, 2.24) is 4.98 Å². The standard InChI is InChI=1S/C21H11ClN2O3S/c22-16-7-5-12(10-15(16)21(25)26)18-8-6-14(27-18)9-13(11-23)20-24-17-3-1-2-4-19(17)28-20/h1-10H,(H,25,26)/p-1/b13-9+. The number of carbonyl (C=O) groups excluding carboxylic acids is 1. The van der Waals surface area contributed by atoms with Crippen LogP contribution in [-0.2, 0) is 0 Å². The normalized spacial score (nSPS) is 11.5. The number of benzene rings is 2. The topological polar surface area (TPSA) is 90.0 Å². The predicted molar refractivity (Wildman–Crippen MR) is 107 cm³/mol. The van der Waals surface area contributed by atoms with E-state index in [9.17, 15) is 15.2 Å². The van der Waals surface area contributed by atoms with E-state index >= 15 is 0 Å². The van der Waals surface area contributed by atoms with E-state index in [1.165, 1.54) is 23.5 Å². The van der Waals surface area contributed by atoms with Crippen molar-refractivity contribution in [3.8, 4) is 17.4 Å². The molecule has 0 bridgehead atoms. The van der Waals surface area contributed by atoms with Crippen molar-refractivity contribution >= 4 is 50.8 Å². The lowest BCUT2D eigenvalue weighted by atomic mass is 10.1. The number of nitrogens with zero attached hydrogens (tertiary/aromatic N) is 2. The Morgan fingerprint density at radius 3 is 2.79 bits per heavy atom. The summed E-state index contributed by atoms with van der Waals surface area (Å²) in [6.07, 6.45) is 1.61. The molecule has 0 fully saturated rings. The molecule has 0 unspecified atom stereocenters. The summed E-state index contributed by atoms with van der Waals surface area (Å²) in [6, 6.07) is 17.7. The molecule has 5 nitrogen and oxygen atoms in total. The smallest absolute Gasteiger partial charge is 0.135 e. The summed E-state index contributed by atoms with van der Waals surface area (Å²) in [7, 11) is 0. The Morgan fingerprint density at radius 2 is 2.04 bits per heavy atom. The first kappa shape index (κ1) is 18.0. The van der Waals surface area contributed by atoms with Gasteiger partial charge in [-0.25, -0.2) is 4.98 Å². The molecule has 2 aromatic carbocycles. The van der Waals surface area contributed by atoms with Crippen LogP contribution in [0.1, 0.15) is 21.1 Å². The number of aromatic nitrogens is 1. The van der Waals surface area contributed by atoms with Crippen LogP contribution in [0.25, 0.3) is 33.2 Å². The number of nitriles is 1. The second-order valence-corrected chi connectivity index (χ2v) is 7.28. The fourth-order valence-corrected chi connectivity index (χ4v) is 3.82.